The molecule has 0 aliphatic heterocycles. The van der Waals surface area contributed by atoms with Gasteiger partial charge in [0.1, 0.15) is 0 Å². The second kappa shape index (κ2) is 7.45. The first-order chi connectivity index (χ1) is 9.10. The van der Waals surface area contributed by atoms with Crippen molar-refractivity contribution in [2.45, 2.75) is 26.3 Å². The van der Waals surface area contributed by atoms with Gasteiger partial charge in [-0.15, -0.1) is 6.42 Å². The molecule has 0 aliphatic carbocycles. The number of hydrogen-bond donors (Lipinski definition) is 3. The Morgan fingerprint density at radius 3 is 2.84 bits per heavy atom. The fourth-order valence-corrected chi connectivity index (χ4v) is 1.67. The smallest absolute Gasteiger partial charge is 0.319 e. The van der Waals surface area contributed by atoms with Crippen molar-refractivity contribution in [2.24, 2.45) is 5.92 Å². The van der Waals surface area contributed by atoms with E-state index in [2.05, 4.69) is 16.6 Å². The topological polar surface area (TPSA) is 61.4 Å². The highest BCUT2D eigenvalue weighted by Gasteiger charge is 2.17. The van der Waals surface area contributed by atoms with Crippen LogP contribution >= 0.6 is 0 Å². The predicted octanol–water partition coefficient (Wildman–Crippen LogP) is 2.20. The molecule has 3 N–H and O–H groups in total. The van der Waals surface area contributed by atoms with Crippen LogP contribution in [0.15, 0.2) is 24.3 Å². The summed E-state index contributed by atoms with van der Waals surface area (Å²) in [5.74, 6) is 2.72. The molecule has 19 heavy (non-hydrogen) atoms. The number of urea groups is 1. The normalized spacial score (nSPS) is 13.2. The van der Waals surface area contributed by atoms with Gasteiger partial charge in [-0.1, -0.05) is 32.3 Å². The number of terminal acetylenes is 1. The molecule has 4 nitrogen and oxygen atoms in total. The zero-order valence-corrected chi connectivity index (χ0v) is 11.3. The number of carbonyl (C=O) groups excluding carboxylic acids is 1. The molecule has 1 rings (SSSR count). The van der Waals surface area contributed by atoms with Gasteiger partial charge in [-0.3, -0.25) is 0 Å². The number of aliphatic hydroxyl groups excluding tert-OH is 1. The fourth-order valence-electron chi connectivity index (χ4n) is 1.67. The molecule has 0 aliphatic rings. The van der Waals surface area contributed by atoms with Gasteiger partial charge in [-0.05, 0) is 24.1 Å². The quantitative estimate of drug-likeness (QED) is 0.711. The third-order valence-electron chi connectivity index (χ3n) is 3.13. The molecule has 0 bridgehead atoms. The van der Waals surface area contributed by atoms with Crippen LogP contribution in [0.4, 0.5) is 10.5 Å². The maximum atomic E-state index is 11.8. The summed E-state index contributed by atoms with van der Waals surface area (Å²) in [6.07, 6.45) is 6.19. The zero-order chi connectivity index (χ0) is 14.3. The third-order valence-corrected chi connectivity index (χ3v) is 3.13. The van der Waals surface area contributed by atoms with Crippen LogP contribution in [-0.4, -0.2) is 23.8 Å². The van der Waals surface area contributed by atoms with Gasteiger partial charge in [0, 0.05) is 11.3 Å². The van der Waals surface area contributed by atoms with Crippen molar-refractivity contribution in [3.05, 3.63) is 29.8 Å². The molecule has 0 unspecified atom stereocenters. The highest BCUT2D eigenvalue weighted by atomic mass is 16.3. The van der Waals surface area contributed by atoms with Crippen molar-refractivity contribution in [1.29, 1.82) is 0 Å². The molecule has 102 valence electrons. The lowest BCUT2D eigenvalue weighted by Gasteiger charge is -2.22. The van der Waals surface area contributed by atoms with Gasteiger partial charge in [0.2, 0.25) is 0 Å². The van der Waals surface area contributed by atoms with E-state index in [1.54, 1.807) is 24.3 Å². The maximum absolute atomic E-state index is 11.8. The Balaban J connectivity index is 2.61. The van der Waals surface area contributed by atoms with Gasteiger partial charge < -0.3 is 15.7 Å². The number of nitrogens with one attached hydrogen (secondary N) is 2. The summed E-state index contributed by atoms with van der Waals surface area (Å²) in [7, 11) is 0. The van der Waals surface area contributed by atoms with Gasteiger partial charge in [0.15, 0.2) is 0 Å². The van der Waals surface area contributed by atoms with Gasteiger partial charge in [-0.25, -0.2) is 4.79 Å². The molecular formula is C15H20N2O2. The van der Waals surface area contributed by atoms with E-state index in [9.17, 15) is 9.90 Å². The van der Waals surface area contributed by atoms with Crippen LogP contribution < -0.4 is 10.6 Å². The Morgan fingerprint density at radius 2 is 2.26 bits per heavy atom. The van der Waals surface area contributed by atoms with Crippen molar-refractivity contribution in [3.63, 3.8) is 0 Å². The minimum absolute atomic E-state index is 0.0766. The lowest BCUT2D eigenvalue weighted by molar-refractivity contribution is 0.198. The predicted molar refractivity (Wildman–Crippen MR) is 76.9 cm³/mol. The summed E-state index contributed by atoms with van der Waals surface area (Å²) in [6, 6.07) is 6.46. The van der Waals surface area contributed by atoms with E-state index in [4.69, 9.17) is 6.42 Å². The largest absolute Gasteiger partial charge is 0.394 e. The Bertz CT molecular complexity index is 465. The van der Waals surface area contributed by atoms with E-state index < -0.39 is 0 Å². The molecule has 2 atom stereocenters. The summed E-state index contributed by atoms with van der Waals surface area (Å²) >= 11 is 0. The van der Waals surface area contributed by atoms with Crippen LogP contribution in [0, 0.1) is 18.3 Å². The van der Waals surface area contributed by atoms with Crippen LogP contribution in [0.2, 0.25) is 0 Å². The lowest BCUT2D eigenvalue weighted by Crippen LogP contribution is -2.43. The van der Waals surface area contributed by atoms with Crippen LogP contribution in [0.1, 0.15) is 25.8 Å². The molecule has 1 aromatic rings. The van der Waals surface area contributed by atoms with Gasteiger partial charge in [-0.2, -0.15) is 0 Å². The number of anilines is 1. The molecule has 0 aromatic heterocycles. The first-order valence-corrected chi connectivity index (χ1v) is 6.35. The number of amides is 2. The van der Waals surface area contributed by atoms with Crippen molar-refractivity contribution >= 4 is 11.7 Å². The monoisotopic (exact) mass is 260 g/mol. The minimum atomic E-state index is -0.339. The minimum Gasteiger partial charge on any atom is -0.394 e. The number of rotatable bonds is 5. The molecule has 0 radical (unpaired) electrons. The van der Waals surface area contributed by atoms with Crippen molar-refractivity contribution < 1.29 is 9.90 Å². The van der Waals surface area contributed by atoms with Gasteiger partial charge >= 0.3 is 6.03 Å². The molecule has 0 saturated heterocycles. The number of benzene rings is 1. The maximum Gasteiger partial charge on any atom is 0.319 e. The Hall–Kier alpha value is -1.99. The van der Waals surface area contributed by atoms with E-state index in [1.165, 1.54) is 0 Å². The average molecular weight is 260 g/mol. The van der Waals surface area contributed by atoms with Gasteiger partial charge in [0.25, 0.3) is 0 Å². The van der Waals surface area contributed by atoms with E-state index >= 15 is 0 Å². The van der Waals surface area contributed by atoms with Crippen LogP contribution in [0.5, 0.6) is 0 Å². The number of aliphatic hydroxyl groups is 1. The van der Waals surface area contributed by atoms with Crippen LogP contribution in [0.25, 0.3) is 0 Å². The first kappa shape index (κ1) is 15.1. The molecule has 0 heterocycles. The van der Waals surface area contributed by atoms with E-state index in [0.717, 1.165) is 6.42 Å². The summed E-state index contributed by atoms with van der Waals surface area (Å²) in [5.41, 5.74) is 1.34. The van der Waals surface area contributed by atoms with Crippen molar-refractivity contribution in [2.75, 3.05) is 11.9 Å². The fraction of sp³-hybridized carbons (Fsp3) is 0.400. The second-order valence-electron chi connectivity index (χ2n) is 4.50. The SMILES string of the molecule is C#Cc1cccc(NC(=O)N[C@@H](CO)[C@H](C)CC)c1. The number of hydrogen-bond acceptors (Lipinski definition) is 2. The zero-order valence-electron chi connectivity index (χ0n) is 11.3. The second-order valence-corrected chi connectivity index (χ2v) is 4.50. The summed E-state index contributed by atoms with van der Waals surface area (Å²) in [4.78, 5) is 11.8. The average Bonchev–Trinajstić information content (AvgIpc) is 2.44. The molecule has 4 heteroatoms. The number of carbonyl (C=O) groups is 1. The summed E-state index contributed by atoms with van der Waals surface area (Å²) in [6.45, 7) is 3.93. The molecular weight excluding hydrogens is 240 g/mol. The molecule has 0 fully saturated rings. The Morgan fingerprint density at radius 1 is 1.53 bits per heavy atom. The molecule has 0 spiro atoms. The van der Waals surface area contributed by atoms with E-state index in [0.29, 0.717) is 11.3 Å². The third kappa shape index (κ3) is 4.65. The molecule has 1 aromatic carbocycles. The van der Waals surface area contributed by atoms with E-state index in [1.807, 2.05) is 13.8 Å². The highest BCUT2D eigenvalue weighted by molar-refractivity contribution is 5.89. The van der Waals surface area contributed by atoms with Crippen LogP contribution in [-0.2, 0) is 0 Å². The van der Waals surface area contributed by atoms with Crippen molar-refractivity contribution in [1.82, 2.24) is 5.32 Å². The molecule has 2 amide bonds. The standard InChI is InChI=1S/C15H20N2O2/c1-4-11(3)14(10-18)17-15(19)16-13-8-6-7-12(5-2)9-13/h2,6-9,11,14,18H,4,10H2,1,3H3,(H2,16,17,19)/t11-,14+/m1/s1. The van der Waals surface area contributed by atoms with E-state index in [-0.39, 0.29) is 24.6 Å². The molecule has 0 saturated carbocycles. The summed E-state index contributed by atoms with van der Waals surface area (Å²) in [5, 5.41) is 14.7. The summed E-state index contributed by atoms with van der Waals surface area (Å²) < 4.78 is 0. The first-order valence-electron chi connectivity index (χ1n) is 6.35. The van der Waals surface area contributed by atoms with Gasteiger partial charge in [0.05, 0.1) is 12.6 Å². The Labute approximate surface area is 114 Å². The van der Waals surface area contributed by atoms with Crippen molar-refractivity contribution in [3.8, 4) is 12.3 Å². The highest BCUT2D eigenvalue weighted by Crippen LogP contribution is 2.11. The Kier molecular flexibility index (Phi) is 5.91. The van der Waals surface area contributed by atoms with Crippen LogP contribution in [0.3, 0.4) is 0 Å². The lowest BCUT2D eigenvalue weighted by atomic mass is 10.0.